The molecule has 1 aromatic rings. The monoisotopic (exact) mass is 424 g/mol. The summed E-state index contributed by atoms with van der Waals surface area (Å²) in [4.78, 5) is 25.7. The van der Waals surface area contributed by atoms with Gasteiger partial charge >= 0.3 is 0 Å². The average molecular weight is 424 g/mol. The van der Waals surface area contributed by atoms with Gasteiger partial charge in [-0.2, -0.15) is 0 Å². The Labute approximate surface area is 182 Å². The van der Waals surface area contributed by atoms with Crippen LogP contribution in [0.3, 0.4) is 0 Å². The lowest BCUT2D eigenvalue weighted by Gasteiger charge is -2.34. The summed E-state index contributed by atoms with van der Waals surface area (Å²) in [6, 6.07) is 4.20. The fourth-order valence-corrected chi connectivity index (χ4v) is 4.06. The van der Waals surface area contributed by atoms with E-state index in [1.54, 1.807) is 6.08 Å². The van der Waals surface area contributed by atoms with E-state index in [0.717, 1.165) is 37.9 Å². The second-order valence-corrected chi connectivity index (χ2v) is 8.58. The number of phenols is 1. The van der Waals surface area contributed by atoms with Gasteiger partial charge in [0.15, 0.2) is 17.8 Å². The number of Topliss-reactive ketones (excluding diaryl/α,β-unsaturated/α-hetero) is 2. The molecule has 1 aromatic carbocycles. The van der Waals surface area contributed by atoms with E-state index in [2.05, 4.69) is 6.08 Å². The summed E-state index contributed by atoms with van der Waals surface area (Å²) in [6.45, 7) is 5.23. The molecule has 0 bridgehead atoms. The van der Waals surface area contributed by atoms with Crippen molar-refractivity contribution in [3.05, 3.63) is 64.5 Å². The number of fused-ring (bicyclic) bond motifs is 1. The number of phenolic OH excluding ortho intramolecular Hbond substituents is 1. The van der Waals surface area contributed by atoms with E-state index in [1.165, 1.54) is 18.2 Å². The van der Waals surface area contributed by atoms with Gasteiger partial charge in [-0.1, -0.05) is 11.6 Å². The van der Waals surface area contributed by atoms with Crippen LogP contribution in [-0.4, -0.2) is 41.8 Å². The van der Waals surface area contributed by atoms with Crippen LogP contribution in [0.2, 0.25) is 0 Å². The summed E-state index contributed by atoms with van der Waals surface area (Å²) in [5, 5.41) is 9.68. The summed E-state index contributed by atoms with van der Waals surface area (Å²) in [7, 11) is 0. The zero-order valence-electron chi connectivity index (χ0n) is 18.0. The van der Waals surface area contributed by atoms with Crippen LogP contribution in [0.25, 0.3) is 0 Å². The third kappa shape index (κ3) is 4.65. The molecule has 0 spiro atoms. The van der Waals surface area contributed by atoms with E-state index in [1.807, 2.05) is 19.9 Å². The Morgan fingerprint density at radius 3 is 2.87 bits per heavy atom. The van der Waals surface area contributed by atoms with Crippen LogP contribution in [-0.2, 0) is 14.2 Å². The second-order valence-electron chi connectivity index (χ2n) is 8.58. The highest BCUT2D eigenvalue weighted by molar-refractivity contribution is 6.27. The van der Waals surface area contributed by atoms with Gasteiger partial charge in [0.05, 0.1) is 12.2 Å². The van der Waals surface area contributed by atoms with Crippen molar-refractivity contribution in [3.8, 4) is 5.75 Å². The molecule has 1 N–H and O–H groups in total. The molecule has 1 saturated heterocycles. The molecule has 1 fully saturated rings. The number of ether oxygens (including phenoxy) is 3. The summed E-state index contributed by atoms with van der Waals surface area (Å²) in [6.07, 6.45) is 10.1. The van der Waals surface area contributed by atoms with Crippen LogP contribution >= 0.6 is 0 Å². The Kier molecular flexibility index (Phi) is 6.12. The Balaban J connectivity index is 1.37. The molecule has 31 heavy (non-hydrogen) atoms. The van der Waals surface area contributed by atoms with E-state index < -0.39 is 5.60 Å². The lowest BCUT2D eigenvalue weighted by atomic mass is 9.84. The Bertz CT molecular complexity index is 980. The van der Waals surface area contributed by atoms with Crippen molar-refractivity contribution >= 4 is 11.6 Å². The molecule has 2 atom stereocenters. The normalized spacial score (nSPS) is 25.9. The summed E-state index contributed by atoms with van der Waals surface area (Å²) < 4.78 is 17.5. The van der Waals surface area contributed by atoms with Gasteiger partial charge in [0.2, 0.25) is 5.78 Å². The number of benzene rings is 1. The standard InChI is InChI=1S/C25H28O6/c1-16(15-30-21-7-3-4-13-29-21)6-5-11-25(2)12-10-19-22(27)20-14-17(26)8-9-18(20)23(28)24(19)31-25/h6,8-10,12,14,21,26H,3-5,7,11,13,15H2,1-2H3/b16-6-. The molecule has 3 aliphatic rings. The van der Waals surface area contributed by atoms with Gasteiger partial charge in [-0.15, -0.1) is 0 Å². The quantitative estimate of drug-likeness (QED) is 0.670. The number of allylic oxidation sites excluding steroid dienone is 4. The van der Waals surface area contributed by atoms with E-state index in [9.17, 15) is 14.7 Å². The number of hydrogen-bond donors (Lipinski definition) is 1. The van der Waals surface area contributed by atoms with Gasteiger partial charge in [0, 0.05) is 17.7 Å². The Morgan fingerprint density at radius 2 is 2.10 bits per heavy atom. The molecule has 0 saturated carbocycles. The molecular formula is C25H28O6. The van der Waals surface area contributed by atoms with Gasteiger partial charge in [-0.25, -0.2) is 0 Å². The van der Waals surface area contributed by atoms with Crippen molar-refractivity contribution in [1.82, 2.24) is 0 Å². The molecule has 4 rings (SSSR count). The molecular weight excluding hydrogens is 396 g/mol. The molecule has 1 aliphatic carbocycles. The molecule has 164 valence electrons. The highest BCUT2D eigenvalue weighted by Crippen LogP contribution is 2.37. The number of hydrogen-bond acceptors (Lipinski definition) is 6. The predicted octanol–water partition coefficient (Wildman–Crippen LogP) is 4.64. The summed E-state index contributed by atoms with van der Waals surface area (Å²) in [5.41, 5.74) is 1.15. The van der Waals surface area contributed by atoms with Crippen LogP contribution in [0.1, 0.15) is 66.7 Å². The number of aromatic hydroxyl groups is 1. The zero-order valence-corrected chi connectivity index (χ0v) is 18.0. The molecule has 0 amide bonds. The van der Waals surface area contributed by atoms with Crippen molar-refractivity contribution < 1.29 is 28.9 Å². The van der Waals surface area contributed by atoms with Crippen molar-refractivity contribution in [3.63, 3.8) is 0 Å². The maximum absolute atomic E-state index is 12.9. The second kappa shape index (κ2) is 8.81. The molecule has 6 heteroatoms. The van der Waals surface area contributed by atoms with Crippen LogP contribution < -0.4 is 0 Å². The lowest BCUT2D eigenvalue weighted by Crippen LogP contribution is -2.34. The van der Waals surface area contributed by atoms with Gasteiger partial charge < -0.3 is 19.3 Å². The summed E-state index contributed by atoms with van der Waals surface area (Å²) >= 11 is 0. The van der Waals surface area contributed by atoms with Crippen LogP contribution in [0, 0.1) is 0 Å². The first-order chi connectivity index (χ1) is 14.9. The van der Waals surface area contributed by atoms with Gasteiger partial charge in [0.25, 0.3) is 0 Å². The molecule has 0 aromatic heterocycles. The SMILES string of the molecule is C/C(=C/CCC1(C)C=CC2=C(O1)C(=O)c1ccc(O)cc1C2=O)COC1CCCCO1. The Hall–Kier alpha value is -2.70. The first-order valence-corrected chi connectivity index (χ1v) is 10.8. The minimum atomic E-state index is -0.687. The average Bonchev–Trinajstić information content (AvgIpc) is 2.76. The number of rotatable bonds is 6. The van der Waals surface area contributed by atoms with E-state index in [4.69, 9.17) is 14.2 Å². The largest absolute Gasteiger partial charge is 0.508 e. The van der Waals surface area contributed by atoms with Crippen molar-refractivity contribution in [2.24, 2.45) is 0 Å². The van der Waals surface area contributed by atoms with Gasteiger partial charge in [-0.3, -0.25) is 9.59 Å². The minimum absolute atomic E-state index is 0.0457. The molecule has 2 unspecified atom stereocenters. The molecule has 0 radical (unpaired) electrons. The van der Waals surface area contributed by atoms with E-state index in [0.29, 0.717) is 13.0 Å². The van der Waals surface area contributed by atoms with Crippen LogP contribution in [0.5, 0.6) is 5.75 Å². The predicted molar refractivity (Wildman–Crippen MR) is 115 cm³/mol. The minimum Gasteiger partial charge on any atom is -0.508 e. The Morgan fingerprint density at radius 1 is 1.26 bits per heavy atom. The van der Waals surface area contributed by atoms with Crippen molar-refractivity contribution in [2.45, 2.75) is 57.8 Å². The number of carbonyl (C=O) groups is 2. The van der Waals surface area contributed by atoms with Crippen molar-refractivity contribution in [2.75, 3.05) is 13.2 Å². The van der Waals surface area contributed by atoms with Crippen LogP contribution in [0.4, 0.5) is 0 Å². The fraction of sp³-hybridized carbons (Fsp3) is 0.440. The van der Waals surface area contributed by atoms with E-state index in [-0.39, 0.29) is 46.1 Å². The highest BCUT2D eigenvalue weighted by Gasteiger charge is 2.39. The lowest BCUT2D eigenvalue weighted by molar-refractivity contribution is -0.156. The maximum Gasteiger partial charge on any atom is 0.229 e. The van der Waals surface area contributed by atoms with Crippen LogP contribution in [0.15, 0.2) is 53.3 Å². The molecule has 2 heterocycles. The van der Waals surface area contributed by atoms with Gasteiger partial charge in [-0.05, 0) is 76.3 Å². The zero-order chi connectivity index (χ0) is 22.0. The molecule has 6 nitrogen and oxygen atoms in total. The third-order valence-corrected chi connectivity index (χ3v) is 5.89. The fourth-order valence-electron chi connectivity index (χ4n) is 4.06. The van der Waals surface area contributed by atoms with Gasteiger partial charge in [0.1, 0.15) is 11.4 Å². The van der Waals surface area contributed by atoms with E-state index >= 15 is 0 Å². The number of ketones is 2. The topological polar surface area (TPSA) is 82.1 Å². The smallest absolute Gasteiger partial charge is 0.229 e. The number of carbonyl (C=O) groups excluding carboxylic acids is 2. The third-order valence-electron chi connectivity index (χ3n) is 5.89. The first kappa shape index (κ1) is 21.5. The first-order valence-electron chi connectivity index (χ1n) is 10.8. The molecule has 2 aliphatic heterocycles. The van der Waals surface area contributed by atoms with Crippen molar-refractivity contribution in [1.29, 1.82) is 0 Å². The highest BCUT2D eigenvalue weighted by atomic mass is 16.7. The maximum atomic E-state index is 12.9. The summed E-state index contributed by atoms with van der Waals surface area (Å²) in [5.74, 6) is -0.591.